The molecule has 1 fully saturated rings. The first-order valence-corrected chi connectivity index (χ1v) is 8.95. The molecule has 0 aliphatic carbocycles. The molecule has 2 aromatic rings. The molecular formula is C18H25ClN6O2. The third kappa shape index (κ3) is 5.51. The molecule has 8 nitrogen and oxygen atoms in total. The molecule has 2 heterocycles. The number of halogens is 1. The monoisotopic (exact) mass is 392 g/mol. The highest BCUT2D eigenvalue weighted by Gasteiger charge is 2.18. The van der Waals surface area contributed by atoms with E-state index in [9.17, 15) is 9.59 Å². The molecule has 0 radical (unpaired) electrons. The Morgan fingerprint density at radius 2 is 2.00 bits per heavy atom. The minimum atomic E-state index is -0.270. The van der Waals surface area contributed by atoms with Gasteiger partial charge in [0.1, 0.15) is 0 Å². The number of aromatic nitrogens is 3. The molecule has 0 saturated carbocycles. The SMILES string of the molecule is CCNC(=O)c1cccc(CNC(=O)c2cn(C3CCNCC3)nn2)c1.Cl. The summed E-state index contributed by atoms with van der Waals surface area (Å²) < 4.78 is 1.78. The van der Waals surface area contributed by atoms with Gasteiger partial charge in [0.2, 0.25) is 0 Å². The fourth-order valence-corrected chi connectivity index (χ4v) is 2.99. The lowest BCUT2D eigenvalue weighted by molar-refractivity contribution is 0.0943. The number of carbonyl (C=O) groups is 2. The summed E-state index contributed by atoms with van der Waals surface area (Å²) in [4.78, 5) is 24.2. The standard InChI is InChI=1S/C18H24N6O2.ClH/c1-2-20-17(25)14-5-3-4-13(10-14)11-21-18(26)16-12-24(23-22-16)15-6-8-19-9-7-15;/h3-5,10,12,15,19H,2,6-9,11H2,1H3,(H,20,25)(H,21,26);1H. The normalized spacial score (nSPS) is 14.3. The number of carbonyl (C=O) groups excluding carboxylic acids is 2. The summed E-state index contributed by atoms with van der Waals surface area (Å²) in [7, 11) is 0. The van der Waals surface area contributed by atoms with Crippen molar-refractivity contribution in [2.45, 2.75) is 32.4 Å². The fraction of sp³-hybridized carbons (Fsp3) is 0.444. The van der Waals surface area contributed by atoms with E-state index in [-0.39, 0.29) is 24.2 Å². The van der Waals surface area contributed by atoms with E-state index in [4.69, 9.17) is 0 Å². The van der Waals surface area contributed by atoms with E-state index in [0.29, 0.717) is 30.4 Å². The molecule has 1 aromatic carbocycles. The van der Waals surface area contributed by atoms with Crippen LogP contribution in [0.25, 0.3) is 0 Å². The van der Waals surface area contributed by atoms with Crippen LogP contribution in [-0.2, 0) is 6.54 Å². The minimum absolute atomic E-state index is 0. The van der Waals surface area contributed by atoms with Crippen molar-refractivity contribution < 1.29 is 9.59 Å². The van der Waals surface area contributed by atoms with Gasteiger partial charge in [-0.1, -0.05) is 17.3 Å². The van der Waals surface area contributed by atoms with E-state index >= 15 is 0 Å². The maximum Gasteiger partial charge on any atom is 0.273 e. The summed E-state index contributed by atoms with van der Waals surface area (Å²) in [6.45, 7) is 4.68. The average molecular weight is 393 g/mol. The summed E-state index contributed by atoms with van der Waals surface area (Å²) in [6, 6.07) is 7.49. The van der Waals surface area contributed by atoms with E-state index in [0.717, 1.165) is 31.5 Å². The number of nitrogens with one attached hydrogen (secondary N) is 3. The molecule has 1 aromatic heterocycles. The Kier molecular flexibility index (Phi) is 7.75. The van der Waals surface area contributed by atoms with Gasteiger partial charge in [0.25, 0.3) is 11.8 Å². The van der Waals surface area contributed by atoms with Crippen molar-refractivity contribution in [1.29, 1.82) is 0 Å². The zero-order chi connectivity index (χ0) is 18.4. The van der Waals surface area contributed by atoms with Crippen LogP contribution in [0.5, 0.6) is 0 Å². The molecule has 3 N–H and O–H groups in total. The van der Waals surface area contributed by atoms with Crippen LogP contribution in [0, 0.1) is 0 Å². The summed E-state index contributed by atoms with van der Waals surface area (Å²) in [5.74, 6) is -0.390. The molecule has 1 aliphatic rings. The van der Waals surface area contributed by atoms with Gasteiger partial charge in [0.15, 0.2) is 5.69 Å². The number of hydrogen-bond donors (Lipinski definition) is 3. The Bertz CT molecular complexity index is 773. The maximum atomic E-state index is 12.3. The van der Waals surface area contributed by atoms with E-state index < -0.39 is 0 Å². The van der Waals surface area contributed by atoms with Gasteiger partial charge < -0.3 is 16.0 Å². The number of rotatable bonds is 6. The van der Waals surface area contributed by atoms with E-state index in [2.05, 4.69) is 26.3 Å². The zero-order valence-electron chi connectivity index (χ0n) is 15.3. The third-order valence-electron chi connectivity index (χ3n) is 4.41. The van der Waals surface area contributed by atoms with Gasteiger partial charge in [-0.2, -0.15) is 0 Å². The van der Waals surface area contributed by atoms with Crippen LogP contribution < -0.4 is 16.0 Å². The van der Waals surface area contributed by atoms with Crippen molar-refractivity contribution in [2.75, 3.05) is 19.6 Å². The van der Waals surface area contributed by atoms with Crippen molar-refractivity contribution in [1.82, 2.24) is 30.9 Å². The second-order valence-corrected chi connectivity index (χ2v) is 6.31. The number of amides is 2. The quantitative estimate of drug-likeness (QED) is 0.688. The van der Waals surface area contributed by atoms with Gasteiger partial charge in [-0.3, -0.25) is 9.59 Å². The molecule has 2 amide bonds. The van der Waals surface area contributed by atoms with Crippen molar-refractivity contribution in [3.05, 3.63) is 47.3 Å². The van der Waals surface area contributed by atoms with Crippen LogP contribution >= 0.6 is 12.4 Å². The Labute approximate surface area is 164 Å². The van der Waals surface area contributed by atoms with Crippen LogP contribution in [0.3, 0.4) is 0 Å². The molecule has 9 heteroatoms. The molecule has 0 spiro atoms. The Balaban J connectivity index is 0.00000261. The summed E-state index contributed by atoms with van der Waals surface area (Å²) in [6.07, 6.45) is 3.67. The molecule has 1 aliphatic heterocycles. The van der Waals surface area contributed by atoms with Crippen molar-refractivity contribution >= 4 is 24.2 Å². The first-order valence-electron chi connectivity index (χ1n) is 8.95. The van der Waals surface area contributed by atoms with Gasteiger partial charge in [-0.15, -0.1) is 17.5 Å². The largest absolute Gasteiger partial charge is 0.352 e. The van der Waals surface area contributed by atoms with Gasteiger partial charge in [0.05, 0.1) is 12.2 Å². The smallest absolute Gasteiger partial charge is 0.273 e. The van der Waals surface area contributed by atoms with Gasteiger partial charge in [-0.25, -0.2) is 4.68 Å². The highest BCUT2D eigenvalue weighted by molar-refractivity contribution is 5.94. The fourth-order valence-electron chi connectivity index (χ4n) is 2.99. The zero-order valence-corrected chi connectivity index (χ0v) is 16.1. The predicted octanol–water partition coefficient (Wildman–Crippen LogP) is 1.30. The Hall–Kier alpha value is -2.45. The lowest BCUT2D eigenvalue weighted by atomic mass is 10.1. The lowest BCUT2D eigenvalue weighted by Crippen LogP contribution is -2.29. The molecule has 1 saturated heterocycles. The van der Waals surface area contributed by atoms with E-state index in [1.807, 2.05) is 13.0 Å². The second kappa shape index (κ2) is 10.0. The second-order valence-electron chi connectivity index (χ2n) is 6.31. The van der Waals surface area contributed by atoms with Crippen molar-refractivity contribution in [3.63, 3.8) is 0 Å². The van der Waals surface area contributed by atoms with E-state index in [1.54, 1.807) is 29.1 Å². The highest BCUT2D eigenvalue weighted by Crippen LogP contribution is 2.17. The first-order chi connectivity index (χ1) is 12.7. The molecule has 27 heavy (non-hydrogen) atoms. The molecule has 0 atom stereocenters. The predicted molar refractivity (Wildman–Crippen MR) is 104 cm³/mol. The summed E-state index contributed by atoms with van der Waals surface area (Å²) >= 11 is 0. The number of piperidine rings is 1. The number of benzene rings is 1. The molecule has 0 unspecified atom stereocenters. The maximum absolute atomic E-state index is 12.3. The van der Waals surface area contributed by atoms with Crippen LogP contribution in [0.15, 0.2) is 30.5 Å². The lowest BCUT2D eigenvalue weighted by Gasteiger charge is -2.22. The summed E-state index contributed by atoms with van der Waals surface area (Å²) in [5, 5.41) is 17.0. The molecule has 3 rings (SSSR count). The van der Waals surface area contributed by atoms with Crippen molar-refractivity contribution in [3.8, 4) is 0 Å². The van der Waals surface area contributed by atoms with Crippen LogP contribution in [0.2, 0.25) is 0 Å². The first kappa shape index (κ1) is 20.9. The Morgan fingerprint density at radius 3 is 2.74 bits per heavy atom. The average Bonchev–Trinajstić information content (AvgIpc) is 3.17. The van der Waals surface area contributed by atoms with Gasteiger partial charge in [0, 0.05) is 18.7 Å². The van der Waals surface area contributed by atoms with Crippen LogP contribution in [-0.4, -0.2) is 46.4 Å². The topological polar surface area (TPSA) is 101 Å². The third-order valence-corrected chi connectivity index (χ3v) is 4.41. The molecule has 146 valence electrons. The van der Waals surface area contributed by atoms with Crippen molar-refractivity contribution in [2.24, 2.45) is 0 Å². The number of nitrogens with zero attached hydrogens (tertiary/aromatic N) is 3. The number of hydrogen-bond acceptors (Lipinski definition) is 5. The van der Waals surface area contributed by atoms with Crippen LogP contribution in [0.1, 0.15) is 52.2 Å². The Morgan fingerprint density at radius 1 is 1.22 bits per heavy atom. The molecular weight excluding hydrogens is 368 g/mol. The summed E-state index contributed by atoms with van der Waals surface area (Å²) in [5.41, 5.74) is 1.74. The highest BCUT2D eigenvalue weighted by atomic mass is 35.5. The minimum Gasteiger partial charge on any atom is -0.352 e. The van der Waals surface area contributed by atoms with Crippen LogP contribution in [0.4, 0.5) is 0 Å². The van der Waals surface area contributed by atoms with E-state index in [1.165, 1.54) is 0 Å². The van der Waals surface area contributed by atoms with Gasteiger partial charge >= 0.3 is 0 Å². The molecule has 0 bridgehead atoms. The van der Waals surface area contributed by atoms with Gasteiger partial charge in [-0.05, 0) is 50.6 Å².